The van der Waals surface area contributed by atoms with Crippen molar-refractivity contribution in [2.45, 2.75) is 55.5 Å². The lowest BCUT2D eigenvalue weighted by Crippen LogP contribution is -2.45. The number of nitrogens with zero attached hydrogens (tertiary/aromatic N) is 2. The van der Waals surface area contributed by atoms with Gasteiger partial charge < -0.3 is 10.6 Å². The lowest BCUT2D eigenvalue weighted by Gasteiger charge is -2.24. The summed E-state index contributed by atoms with van der Waals surface area (Å²) in [5, 5.41) is 6.76. The molecular formula is C20H33IN4O2S. The standard InChI is InChI=1S/C20H32N4O2S.HI/c1-21-20(23-17-12-14-24(16-17)18-8-5-6-9-18)22-13-7-15-27(25,26)19-10-3-2-4-11-19;/h2-4,10-11,17-18H,5-9,12-16H2,1H3,(H2,21,22,23);1H. The quantitative estimate of drug-likeness (QED) is 0.250. The lowest BCUT2D eigenvalue weighted by molar-refractivity contribution is 0.242. The van der Waals surface area contributed by atoms with Crippen molar-refractivity contribution in [3.05, 3.63) is 30.3 Å². The number of aliphatic imine (C=N–C) groups is 1. The van der Waals surface area contributed by atoms with Crippen molar-refractivity contribution >= 4 is 39.8 Å². The molecule has 2 N–H and O–H groups in total. The van der Waals surface area contributed by atoms with E-state index in [2.05, 4.69) is 20.5 Å². The van der Waals surface area contributed by atoms with E-state index in [0.717, 1.165) is 31.5 Å². The van der Waals surface area contributed by atoms with Crippen LogP contribution in [0.15, 0.2) is 40.2 Å². The molecule has 2 fully saturated rings. The van der Waals surface area contributed by atoms with Crippen molar-refractivity contribution in [2.24, 2.45) is 4.99 Å². The number of hydrogen-bond donors (Lipinski definition) is 2. The molecule has 1 heterocycles. The first-order valence-electron chi connectivity index (χ1n) is 10.1. The van der Waals surface area contributed by atoms with Crippen LogP contribution in [0.1, 0.15) is 38.5 Å². The molecule has 1 unspecified atom stereocenters. The van der Waals surface area contributed by atoms with Crippen LogP contribution in [0.2, 0.25) is 0 Å². The van der Waals surface area contributed by atoms with Gasteiger partial charge in [-0.15, -0.1) is 24.0 Å². The summed E-state index contributed by atoms with van der Waals surface area (Å²) in [5.74, 6) is 0.908. The van der Waals surface area contributed by atoms with Crippen molar-refractivity contribution in [1.82, 2.24) is 15.5 Å². The molecule has 0 spiro atoms. The third-order valence-electron chi connectivity index (χ3n) is 5.61. The molecule has 8 heteroatoms. The zero-order chi connectivity index (χ0) is 19.1. The van der Waals surface area contributed by atoms with Crippen molar-refractivity contribution in [3.63, 3.8) is 0 Å². The second-order valence-electron chi connectivity index (χ2n) is 7.55. The summed E-state index contributed by atoms with van der Waals surface area (Å²) in [6, 6.07) is 9.84. The summed E-state index contributed by atoms with van der Waals surface area (Å²) in [7, 11) is -1.45. The van der Waals surface area contributed by atoms with E-state index in [0.29, 0.717) is 23.9 Å². The van der Waals surface area contributed by atoms with Crippen LogP contribution in [0.3, 0.4) is 0 Å². The predicted octanol–water partition coefficient (Wildman–Crippen LogP) is 2.65. The molecule has 6 nitrogen and oxygen atoms in total. The van der Waals surface area contributed by atoms with Crippen LogP contribution in [-0.4, -0.2) is 63.8 Å². The summed E-state index contributed by atoms with van der Waals surface area (Å²) in [4.78, 5) is 7.30. The first-order chi connectivity index (χ1) is 13.1. The van der Waals surface area contributed by atoms with E-state index in [1.807, 2.05) is 6.07 Å². The number of guanidine groups is 1. The lowest BCUT2D eigenvalue weighted by atomic mass is 10.2. The van der Waals surface area contributed by atoms with E-state index in [4.69, 9.17) is 0 Å². The van der Waals surface area contributed by atoms with Gasteiger partial charge in [0.15, 0.2) is 15.8 Å². The highest BCUT2D eigenvalue weighted by molar-refractivity contribution is 14.0. The third kappa shape index (κ3) is 6.59. The van der Waals surface area contributed by atoms with Gasteiger partial charge in [-0.2, -0.15) is 0 Å². The Morgan fingerprint density at radius 3 is 2.57 bits per heavy atom. The van der Waals surface area contributed by atoms with Crippen LogP contribution in [0.5, 0.6) is 0 Å². The van der Waals surface area contributed by atoms with Gasteiger partial charge in [0.25, 0.3) is 0 Å². The number of benzene rings is 1. The zero-order valence-corrected chi connectivity index (χ0v) is 19.8. The maximum Gasteiger partial charge on any atom is 0.191 e. The van der Waals surface area contributed by atoms with E-state index in [1.54, 1.807) is 31.3 Å². The summed E-state index contributed by atoms with van der Waals surface area (Å²) in [5.41, 5.74) is 0. The minimum Gasteiger partial charge on any atom is -0.356 e. The Kier molecular flexibility index (Phi) is 9.49. The fourth-order valence-electron chi connectivity index (χ4n) is 4.11. The van der Waals surface area contributed by atoms with Crippen LogP contribution in [0.4, 0.5) is 0 Å². The second kappa shape index (κ2) is 11.3. The van der Waals surface area contributed by atoms with Crippen molar-refractivity contribution in [3.8, 4) is 0 Å². The van der Waals surface area contributed by atoms with Gasteiger partial charge in [0.1, 0.15) is 0 Å². The third-order valence-corrected chi connectivity index (χ3v) is 7.43. The zero-order valence-electron chi connectivity index (χ0n) is 16.6. The van der Waals surface area contributed by atoms with E-state index >= 15 is 0 Å². The van der Waals surface area contributed by atoms with Crippen molar-refractivity contribution in [2.75, 3.05) is 32.4 Å². The Labute approximate surface area is 186 Å². The van der Waals surface area contributed by atoms with Crippen LogP contribution in [-0.2, 0) is 9.84 Å². The molecule has 0 amide bonds. The number of hydrogen-bond acceptors (Lipinski definition) is 4. The van der Waals surface area contributed by atoms with Crippen molar-refractivity contribution < 1.29 is 8.42 Å². The molecule has 0 bridgehead atoms. The minimum absolute atomic E-state index is 0. The van der Waals surface area contributed by atoms with Gasteiger partial charge in [0.2, 0.25) is 0 Å². The highest BCUT2D eigenvalue weighted by Gasteiger charge is 2.30. The molecule has 1 saturated carbocycles. The Balaban J connectivity index is 0.00000280. The maximum atomic E-state index is 12.3. The molecule has 3 rings (SSSR count). The van der Waals surface area contributed by atoms with Gasteiger partial charge in [-0.25, -0.2) is 8.42 Å². The van der Waals surface area contributed by atoms with E-state index < -0.39 is 9.84 Å². The molecule has 28 heavy (non-hydrogen) atoms. The van der Waals surface area contributed by atoms with Crippen LogP contribution in [0, 0.1) is 0 Å². The molecule has 1 aliphatic heterocycles. The largest absolute Gasteiger partial charge is 0.356 e. The maximum absolute atomic E-state index is 12.3. The molecule has 1 aromatic carbocycles. The van der Waals surface area contributed by atoms with Gasteiger partial charge in [-0.1, -0.05) is 31.0 Å². The Hall–Kier alpha value is -0.870. The van der Waals surface area contributed by atoms with E-state index in [1.165, 1.54) is 25.7 Å². The first-order valence-corrected chi connectivity index (χ1v) is 11.7. The highest BCUT2D eigenvalue weighted by Crippen LogP contribution is 2.26. The molecule has 1 aromatic rings. The number of rotatable bonds is 7. The first kappa shape index (κ1) is 23.4. The molecule has 0 aromatic heterocycles. The normalized spacial score (nSPS) is 21.5. The van der Waals surface area contributed by atoms with Gasteiger partial charge >= 0.3 is 0 Å². The Morgan fingerprint density at radius 2 is 1.89 bits per heavy atom. The smallest absolute Gasteiger partial charge is 0.191 e. The molecule has 158 valence electrons. The van der Waals surface area contributed by atoms with E-state index in [-0.39, 0.29) is 29.7 Å². The monoisotopic (exact) mass is 520 g/mol. The molecule has 1 aliphatic carbocycles. The minimum atomic E-state index is -3.21. The summed E-state index contributed by atoms with van der Waals surface area (Å²) in [6.07, 6.45) is 7.12. The number of nitrogens with one attached hydrogen (secondary N) is 2. The number of sulfone groups is 1. The predicted molar refractivity (Wildman–Crippen MR) is 125 cm³/mol. The van der Waals surface area contributed by atoms with E-state index in [9.17, 15) is 8.42 Å². The summed E-state index contributed by atoms with van der Waals surface area (Å²) < 4.78 is 24.6. The SMILES string of the molecule is CN=C(NCCCS(=O)(=O)c1ccccc1)NC1CCN(C2CCCC2)C1.I. The second-order valence-corrected chi connectivity index (χ2v) is 9.66. The van der Waals surface area contributed by atoms with Crippen LogP contribution >= 0.6 is 24.0 Å². The number of halogens is 1. The number of likely N-dealkylation sites (tertiary alicyclic amines) is 1. The fraction of sp³-hybridized carbons (Fsp3) is 0.650. The molecule has 1 saturated heterocycles. The summed E-state index contributed by atoms with van der Waals surface area (Å²) >= 11 is 0. The fourth-order valence-corrected chi connectivity index (χ4v) is 5.44. The topological polar surface area (TPSA) is 73.8 Å². The molecule has 0 radical (unpaired) electrons. The Bertz CT molecular complexity index is 721. The van der Waals surface area contributed by atoms with Gasteiger partial charge in [-0.05, 0) is 37.8 Å². The molecular weight excluding hydrogens is 487 g/mol. The van der Waals surface area contributed by atoms with Crippen molar-refractivity contribution in [1.29, 1.82) is 0 Å². The van der Waals surface area contributed by atoms with Crippen LogP contribution < -0.4 is 10.6 Å². The van der Waals surface area contributed by atoms with Crippen LogP contribution in [0.25, 0.3) is 0 Å². The van der Waals surface area contributed by atoms with Gasteiger partial charge in [-0.3, -0.25) is 9.89 Å². The van der Waals surface area contributed by atoms with Gasteiger partial charge in [0.05, 0.1) is 10.6 Å². The average molecular weight is 520 g/mol. The molecule has 2 aliphatic rings. The average Bonchev–Trinajstić information content (AvgIpc) is 3.36. The van der Waals surface area contributed by atoms with Gasteiger partial charge in [0, 0.05) is 38.8 Å². The molecule has 1 atom stereocenters. The Morgan fingerprint density at radius 1 is 1.18 bits per heavy atom. The highest BCUT2D eigenvalue weighted by atomic mass is 127. The summed E-state index contributed by atoms with van der Waals surface area (Å²) in [6.45, 7) is 2.83.